The van der Waals surface area contributed by atoms with E-state index >= 15 is 0 Å². The number of nitrogens with zero attached hydrogens (tertiary/aromatic N) is 1. The fourth-order valence-electron chi connectivity index (χ4n) is 2.45. The quantitative estimate of drug-likeness (QED) is 0.751. The molecule has 0 bridgehead atoms. The van der Waals surface area contributed by atoms with Crippen LogP contribution in [-0.2, 0) is 9.53 Å². The minimum atomic E-state index is -0.0199. The summed E-state index contributed by atoms with van der Waals surface area (Å²) in [5, 5.41) is 0. The number of likely N-dealkylation sites (tertiary alicyclic amines) is 1. The van der Waals surface area contributed by atoms with Crippen molar-refractivity contribution in [3.8, 4) is 5.75 Å². The number of amides is 1. The van der Waals surface area contributed by atoms with Crippen LogP contribution in [0, 0.1) is 0 Å². The fourth-order valence-corrected chi connectivity index (χ4v) is 2.45. The van der Waals surface area contributed by atoms with Gasteiger partial charge in [-0.05, 0) is 30.7 Å². The van der Waals surface area contributed by atoms with E-state index in [4.69, 9.17) is 9.47 Å². The molecular formula is C16H21NO4. The summed E-state index contributed by atoms with van der Waals surface area (Å²) in [7, 11) is 3.24. The molecule has 0 radical (unpaired) electrons. The van der Waals surface area contributed by atoms with Crippen LogP contribution in [0.2, 0.25) is 0 Å². The standard InChI is InChI=1S/C16H21NO4/c1-20-13-5-3-12(4-6-13)15(18)7-8-16(19)17-10-9-14(11-17)21-2/h3-6,14H,7-11H2,1-2H3. The summed E-state index contributed by atoms with van der Waals surface area (Å²) in [6.45, 7) is 1.35. The number of ether oxygens (including phenoxy) is 2. The van der Waals surface area contributed by atoms with Gasteiger partial charge in [-0.2, -0.15) is 0 Å². The molecule has 2 rings (SSSR count). The topological polar surface area (TPSA) is 55.8 Å². The fraction of sp³-hybridized carbons (Fsp3) is 0.500. The Balaban J connectivity index is 1.81. The molecule has 1 atom stereocenters. The lowest BCUT2D eigenvalue weighted by Crippen LogP contribution is -2.30. The van der Waals surface area contributed by atoms with Gasteiger partial charge in [-0.3, -0.25) is 9.59 Å². The molecular weight excluding hydrogens is 270 g/mol. The molecule has 1 aromatic rings. The molecule has 1 fully saturated rings. The van der Waals surface area contributed by atoms with Crippen LogP contribution < -0.4 is 4.74 Å². The summed E-state index contributed by atoms with van der Waals surface area (Å²) < 4.78 is 10.3. The maximum Gasteiger partial charge on any atom is 0.223 e. The van der Waals surface area contributed by atoms with E-state index < -0.39 is 0 Å². The normalized spacial score (nSPS) is 17.8. The number of methoxy groups -OCH3 is 2. The SMILES string of the molecule is COc1ccc(C(=O)CCC(=O)N2CCC(OC)C2)cc1. The predicted molar refractivity (Wildman–Crippen MR) is 78.6 cm³/mol. The summed E-state index contributed by atoms with van der Waals surface area (Å²) >= 11 is 0. The van der Waals surface area contributed by atoms with Gasteiger partial charge in [0.05, 0.1) is 13.2 Å². The third-order valence-electron chi connectivity index (χ3n) is 3.81. The number of ketones is 1. The van der Waals surface area contributed by atoms with Gasteiger partial charge >= 0.3 is 0 Å². The average Bonchev–Trinajstić information content (AvgIpc) is 3.01. The molecule has 21 heavy (non-hydrogen) atoms. The van der Waals surface area contributed by atoms with Gasteiger partial charge in [0.25, 0.3) is 0 Å². The van der Waals surface area contributed by atoms with E-state index in [1.165, 1.54) is 0 Å². The first-order valence-electron chi connectivity index (χ1n) is 7.12. The van der Waals surface area contributed by atoms with Crippen molar-refractivity contribution in [3.05, 3.63) is 29.8 Å². The second-order valence-corrected chi connectivity index (χ2v) is 5.14. The molecule has 114 valence electrons. The highest BCUT2D eigenvalue weighted by Crippen LogP contribution is 2.16. The van der Waals surface area contributed by atoms with Crippen molar-refractivity contribution in [3.63, 3.8) is 0 Å². The smallest absolute Gasteiger partial charge is 0.223 e. The molecule has 1 aromatic carbocycles. The summed E-state index contributed by atoms with van der Waals surface area (Å²) in [6.07, 6.45) is 1.49. The molecule has 1 aliphatic heterocycles. The highest BCUT2D eigenvalue weighted by atomic mass is 16.5. The highest BCUT2D eigenvalue weighted by Gasteiger charge is 2.26. The molecule has 0 aliphatic carbocycles. The van der Waals surface area contributed by atoms with E-state index in [0.29, 0.717) is 24.4 Å². The van der Waals surface area contributed by atoms with Crippen LogP contribution in [0.4, 0.5) is 0 Å². The maximum absolute atomic E-state index is 12.0. The molecule has 1 heterocycles. The monoisotopic (exact) mass is 291 g/mol. The molecule has 1 saturated heterocycles. The number of benzene rings is 1. The maximum atomic E-state index is 12.0. The lowest BCUT2D eigenvalue weighted by atomic mass is 10.1. The van der Waals surface area contributed by atoms with Crippen molar-refractivity contribution < 1.29 is 19.1 Å². The van der Waals surface area contributed by atoms with E-state index in [9.17, 15) is 9.59 Å². The lowest BCUT2D eigenvalue weighted by molar-refractivity contribution is -0.130. The highest BCUT2D eigenvalue weighted by molar-refractivity contribution is 5.98. The molecule has 5 nitrogen and oxygen atoms in total. The Morgan fingerprint density at radius 1 is 1.19 bits per heavy atom. The van der Waals surface area contributed by atoms with Gasteiger partial charge in [0.1, 0.15) is 5.75 Å². The number of rotatable bonds is 6. The van der Waals surface area contributed by atoms with Crippen LogP contribution in [0.25, 0.3) is 0 Å². The Morgan fingerprint density at radius 3 is 2.48 bits per heavy atom. The van der Waals surface area contributed by atoms with Crippen molar-refractivity contribution in [1.82, 2.24) is 4.90 Å². The van der Waals surface area contributed by atoms with E-state index in [1.54, 1.807) is 43.4 Å². The number of Topliss-reactive ketones (excluding diaryl/α,β-unsaturated/α-hetero) is 1. The molecule has 0 spiro atoms. The second kappa shape index (κ2) is 7.22. The van der Waals surface area contributed by atoms with Crippen molar-refractivity contribution in [2.24, 2.45) is 0 Å². The Kier molecular flexibility index (Phi) is 5.33. The van der Waals surface area contributed by atoms with E-state index in [2.05, 4.69) is 0 Å². The van der Waals surface area contributed by atoms with E-state index in [1.807, 2.05) is 0 Å². The van der Waals surface area contributed by atoms with Crippen molar-refractivity contribution in [1.29, 1.82) is 0 Å². The molecule has 1 aliphatic rings. The second-order valence-electron chi connectivity index (χ2n) is 5.14. The molecule has 0 aromatic heterocycles. The van der Waals surface area contributed by atoms with Crippen molar-refractivity contribution in [2.75, 3.05) is 27.3 Å². The molecule has 5 heteroatoms. The zero-order valence-corrected chi connectivity index (χ0v) is 12.5. The van der Waals surface area contributed by atoms with Gasteiger partial charge in [0.15, 0.2) is 5.78 Å². The zero-order chi connectivity index (χ0) is 15.2. The molecule has 0 saturated carbocycles. The third kappa shape index (κ3) is 4.04. The number of carbonyl (C=O) groups excluding carboxylic acids is 2. The van der Waals surface area contributed by atoms with Crippen molar-refractivity contribution in [2.45, 2.75) is 25.4 Å². The summed E-state index contributed by atoms with van der Waals surface area (Å²) in [5.41, 5.74) is 0.611. The molecule has 1 amide bonds. The summed E-state index contributed by atoms with van der Waals surface area (Å²) in [6, 6.07) is 6.95. The Hall–Kier alpha value is -1.88. The van der Waals surface area contributed by atoms with Crippen LogP contribution in [0.1, 0.15) is 29.6 Å². The van der Waals surface area contributed by atoms with Gasteiger partial charge in [0, 0.05) is 38.6 Å². The lowest BCUT2D eigenvalue weighted by Gasteiger charge is -2.15. The van der Waals surface area contributed by atoms with Crippen molar-refractivity contribution >= 4 is 11.7 Å². The molecule has 0 N–H and O–H groups in total. The van der Waals surface area contributed by atoms with Crippen LogP contribution in [0.15, 0.2) is 24.3 Å². The van der Waals surface area contributed by atoms with Crippen LogP contribution in [-0.4, -0.2) is 50.0 Å². The first-order valence-corrected chi connectivity index (χ1v) is 7.12. The number of carbonyl (C=O) groups is 2. The number of hydrogen-bond donors (Lipinski definition) is 0. The Morgan fingerprint density at radius 2 is 1.90 bits per heavy atom. The largest absolute Gasteiger partial charge is 0.497 e. The van der Waals surface area contributed by atoms with Gasteiger partial charge in [-0.1, -0.05) is 0 Å². The first-order chi connectivity index (χ1) is 10.1. The Labute approximate surface area is 124 Å². The van der Waals surface area contributed by atoms with Gasteiger partial charge in [0.2, 0.25) is 5.91 Å². The minimum absolute atomic E-state index is 0.0199. The van der Waals surface area contributed by atoms with Gasteiger partial charge in [-0.25, -0.2) is 0 Å². The van der Waals surface area contributed by atoms with Gasteiger partial charge < -0.3 is 14.4 Å². The Bertz CT molecular complexity index is 498. The first kappa shape index (κ1) is 15.5. The minimum Gasteiger partial charge on any atom is -0.497 e. The number of hydrogen-bond acceptors (Lipinski definition) is 4. The summed E-state index contributed by atoms with van der Waals surface area (Å²) in [4.78, 5) is 25.9. The summed E-state index contributed by atoms with van der Waals surface area (Å²) in [5.74, 6) is 0.718. The average molecular weight is 291 g/mol. The van der Waals surface area contributed by atoms with Crippen LogP contribution in [0.5, 0.6) is 5.75 Å². The predicted octanol–water partition coefficient (Wildman–Crippen LogP) is 1.91. The van der Waals surface area contributed by atoms with Crippen LogP contribution >= 0.6 is 0 Å². The molecule has 1 unspecified atom stereocenters. The van der Waals surface area contributed by atoms with Gasteiger partial charge in [-0.15, -0.1) is 0 Å². The zero-order valence-electron chi connectivity index (χ0n) is 12.5. The van der Waals surface area contributed by atoms with E-state index in [0.717, 1.165) is 6.42 Å². The van der Waals surface area contributed by atoms with Crippen LogP contribution in [0.3, 0.4) is 0 Å². The third-order valence-corrected chi connectivity index (χ3v) is 3.81. The van der Waals surface area contributed by atoms with E-state index in [-0.39, 0.29) is 30.6 Å².